The van der Waals surface area contributed by atoms with Gasteiger partial charge in [-0.15, -0.1) is 0 Å². The van der Waals surface area contributed by atoms with E-state index in [0.717, 1.165) is 140 Å². The van der Waals surface area contributed by atoms with Gasteiger partial charge in [0.05, 0.1) is 24.2 Å². The van der Waals surface area contributed by atoms with Crippen molar-refractivity contribution in [1.82, 2.24) is 80.4 Å². The summed E-state index contributed by atoms with van der Waals surface area (Å²) in [6.07, 6.45) is 26.1. The lowest BCUT2D eigenvalue weighted by atomic mass is 9.67. The van der Waals surface area contributed by atoms with Gasteiger partial charge >= 0.3 is 12.1 Å². The number of benzene rings is 5. The summed E-state index contributed by atoms with van der Waals surface area (Å²) in [4.78, 5) is 62.9. The van der Waals surface area contributed by atoms with Crippen LogP contribution in [0.2, 0.25) is 0 Å². The minimum atomic E-state index is -3.86. The summed E-state index contributed by atoms with van der Waals surface area (Å²) in [7, 11) is 2.12. The van der Waals surface area contributed by atoms with Crippen molar-refractivity contribution in [3.8, 4) is 33.4 Å². The summed E-state index contributed by atoms with van der Waals surface area (Å²) in [6.45, 7) is 8.85. The maximum absolute atomic E-state index is 13.4. The van der Waals surface area contributed by atoms with Crippen LogP contribution < -0.4 is 30.9 Å². The van der Waals surface area contributed by atoms with Crippen LogP contribution in [0.25, 0.3) is 44.5 Å². The second-order valence-corrected chi connectivity index (χ2v) is 31.9. The quantitative estimate of drug-likeness (QED) is 0.0442. The van der Waals surface area contributed by atoms with Gasteiger partial charge < -0.3 is 30.2 Å². The maximum Gasteiger partial charge on any atom is 0.324 e. The Kier molecular flexibility index (Phi) is 27.0. The number of amidine groups is 2. The van der Waals surface area contributed by atoms with Crippen molar-refractivity contribution in [3.05, 3.63) is 331 Å². The monoisotopic (exact) mass is 1690 g/mol. The second kappa shape index (κ2) is 39.5. The van der Waals surface area contributed by atoms with Crippen LogP contribution >= 0.6 is 0 Å². The number of pyridine rings is 5. The van der Waals surface area contributed by atoms with E-state index in [2.05, 4.69) is 127 Å². The summed E-state index contributed by atoms with van der Waals surface area (Å²) in [6, 6.07) is 48.1. The molecule has 13 aromatic rings. The molecule has 32 heteroatoms. The number of rotatable bonds is 16. The molecule has 4 fully saturated rings. The molecule has 26 nitrogen and oxygen atoms in total. The standard InChI is InChI=1S/C22H24FN5.C21H23FN6O.C18H16FN3.C16H13FN4O.C15H13FN4O2S/c1-27-10-12-28(13-11-27)22-20(16-6-8-24-9-7-16)21(25-26-22)19-14-18(19)15-2-4-17(23)5-3-15;1-27-9-11-28(12-10-27)18-14-24-20(19(18)15-5-7-23-8-6-15)26-21(29)25-17-4-2-3-16(22)13-17;19-14-3-1-12(2-4-14)15-5-6-16(15)18-17(11-21-22-18)13-7-9-20-10-8-13;17-12-2-1-3-13(10-12)20-16(22)21-15-14(6-9-19-15)11-4-7-18-8-5-11;1-20-10-14(11-6-8-17-9-7-11)15(18-20)19-23(21,22)13-4-2-12(16)3-5-13/h2-9,18-19H,10-14H2,1H3,(H,25,26);2-8,13H,9-12,14H2,1H3,(H2,24,25,26,29);1-4,7-11,15-16H,5-6H2,(H,21,22);1-8,10H,9H2,(H2,19,20,21,22);2-10H,1H3,(H,18,19). The molecule has 7 N–H and O–H groups in total. The predicted octanol–water partition coefficient (Wildman–Crippen LogP) is 15.6. The SMILES string of the molecule is CN1CCN(C2=C(c3ccncc3)C(NC(=O)Nc3cccc(F)c3)=NC2)CC1.CN1CCN(c2n[nH]c(C3CC3c3ccc(F)cc3)c2-c2ccncc2)CC1.Cn1cc(-c2ccncc2)c(NS(=O)(=O)c2ccc(F)cc2)n1.Fc1ccc(C2CCC2c2[nH]ncc2-c2ccncc2)cc1.O=C(NC1=NCC=C1c1ccncc1)Nc1cccc(F)c1. The van der Waals surface area contributed by atoms with Gasteiger partial charge in [0.25, 0.3) is 10.0 Å². The fourth-order valence-corrected chi connectivity index (χ4v) is 16.4. The molecule has 4 atom stereocenters. The number of nitrogens with zero attached hydrogens (tertiary/aromatic N) is 15. The first kappa shape index (κ1) is 84.8. The highest BCUT2D eigenvalue weighted by atomic mass is 32.2. The molecule has 2 aliphatic carbocycles. The van der Waals surface area contributed by atoms with Crippen molar-refractivity contribution in [1.29, 1.82) is 0 Å². The molecule has 6 aliphatic rings. The summed E-state index contributed by atoms with van der Waals surface area (Å²) >= 11 is 0. The summed E-state index contributed by atoms with van der Waals surface area (Å²) in [5.74, 6) is 2.21. The molecule has 4 amide bonds. The lowest BCUT2D eigenvalue weighted by Gasteiger charge is -2.37. The Morgan fingerprint density at radius 1 is 0.460 bits per heavy atom. The molecule has 0 radical (unpaired) electrons. The van der Waals surface area contributed by atoms with Gasteiger partial charge in [-0.25, -0.2) is 40.0 Å². The third-order valence-corrected chi connectivity index (χ3v) is 23.3. The minimum Gasteiger partial charge on any atom is -0.370 e. The number of hydrogen-bond donors (Lipinski definition) is 7. The maximum atomic E-state index is 13.4. The minimum absolute atomic E-state index is 0.0368. The Hall–Kier alpha value is -14.2. The number of aromatic amines is 2. The lowest BCUT2D eigenvalue weighted by Crippen LogP contribution is -2.44. The number of amides is 4. The normalized spacial score (nSPS) is 17.2. The summed E-state index contributed by atoms with van der Waals surface area (Å²) in [5.41, 5.74) is 16.3. The van der Waals surface area contributed by atoms with E-state index in [0.29, 0.717) is 65.4 Å². The topological polar surface area (TPSA) is 306 Å². The Morgan fingerprint density at radius 3 is 1.48 bits per heavy atom. The highest BCUT2D eigenvalue weighted by Crippen LogP contribution is 2.57. The zero-order valence-electron chi connectivity index (χ0n) is 68.0. The van der Waals surface area contributed by atoms with Crippen molar-refractivity contribution in [3.63, 3.8) is 0 Å². The first-order chi connectivity index (χ1) is 60.3. The van der Waals surface area contributed by atoms with E-state index in [9.17, 15) is 40.0 Å². The van der Waals surface area contributed by atoms with Gasteiger partial charge in [-0.2, -0.15) is 15.3 Å². The molecule has 0 spiro atoms. The summed E-state index contributed by atoms with van der Waals surface area (Å²) in [5, 5.41) is 30.4. The number of carbonyl (C=O) groups excluding carboxylic acids is 2. The van der Waals surface area contributed by atoms with Crippen molar-refractivity contribution in [2.24, 2.45) is 17.0 Å². The number of sulfonamides is 1. The molecule has 5 aromatic carbocycles. The molecular formula is C92H89F5N22O4S. The van der Waals surface area contributed by atoms with Crippen LogP contribution in [0.15, 0.2) is 283 Å². The number of halogens is 5. The van der Waals surface area contributed by atoms with E-state index < -0.39 is 39.5 Å². The van der Waals surface area contributed by atoms with E-state index >= 15 is 0 Å². The molecule has 12 heterocycles. The average Bonchev–Trinajstić information content (AvgIpc) is 1.59. The van der Waals surface area contributed by atoms with Crippen molar-refractivity contribution < 1.29 is 40.0 Å². The fraction of sp³-hybridized carbons (Fsp3) is 0.217. The van der Waals surface area contributed by atoms with Gasteiger partial charge in [-0.1, -0.05) is 42.5 Å². The number of urea groups is 2. The van der Waals surface area contributed by atoms with Gasteiger partial charge in [-0.3, -0.25) is 65.1 Å². The van der Waals surface area contributed by atoms with Crippen LogP contribution in [-0.4, -0.2) is 181 Å². The van der Waals surface area contributed by atoms with Gasteiger partial charge in [0.1, 0.15) is 40.8 Å². The molecule has 2 saturated heterocycles. The fourth-order valence-electron chi connectivity index (χ4n) is 15.3. The van der Waals surface area contributed by atoms with E-state index in [1.54, 1.807) is 117 Å². The number of likely N-dealkylation sites (N-methyl/N-ethyl adjacent to an activating group) is 2. The number of aryl methyl sites for hydroxylation is 1. The number of piperazine rings is 2. The molecule has 2 saturated carbocycles. The van der Waals surface area contributed by atoms with E-state index in [-0.39, 0.29) is 22.3 Å². The van der Waals surface area contributed by atoms with Crippen molar-refractivity contribution >= 4 is 67.9 Å². The van der Waals surface area contributed by atoms with Crippen LogP contribution in [0.3, 0.4) is 0 Å². The number of carbonyl (C=O) groups is 2. The smallest absolute Gasteiger partial charge is 0.324 e. The van der Waals surface area contributed by atoms with Crippen LogP contribution in [0.5, 0.6) is 0 Å². The third-order valence-electron chi connectivity index (χ3n) is 22.0. The van der Waals surface area contributed by atoms with Gasteiger partial charge in [-0.05, 0) is 230 Å². The van der Waals surface area contributed by atoms with Crippen LogP contribution in [-0.2, 0) is 17.1 Å². The van der Waals surface area contributed by atoms with E-state index in [1.807, 2.05) is 85.3 Å². The Balaban J connectivity index is 0.000000121. The zero-order valence-corrected chi connectivity index (χ0v) is 68.8. The summed E-state index contributed by atoms with van der Waals surface area (Å²) < 4.78 is 94.6. The van der Waals surface area contributed by atoms with Crippen molar-refractivity contribution in [2.45, 2.75) is 47.8 Å². The number of H-pyrrole nitrogens is 2. The molecular weight excluding hydrogens is 1600 g/mol. The average molecular weight is 1690 g/mol. The molecule has 8 aromatic heterocycles. The molecule has 632 valence electrons. The Morgan fingerprint density at radius 2 is 0.944 bits per heavy atom. The largest absolute Gasteiger partial charge is 0.370 e. The number of anilines is 4. The molecule has 4 unspecified atom stereocenters. The van der Waals surface area contributed by atoms with E-state index in [4.69, 9.17) is 5.10 Å². The first-order valence-corrected chi connectivity index (χ1v) is 41.8. The highest BCUT2D eigenvalue weighted by Gasteiger charge is 2.44. The molecule has 124 heavy (non-hydrogen) atoms. The Bertz CT molecular complexity index is 6060. The van der Waals surface area contributed by atoms with Crippen LogP contribution in [0.1, 0.15) is 76.6 Å². The third kappa shape index (κ3) is 21.4. The number of aliphatic imine (C=N–C) groups is 2. The van der Waals surface area contributed by atoms with Gasteiger partial charge in [0.2, 0.25) is 0 Å². The molecule has 19 rings (SSSR count). The highest BCUT2D eigenvalue weighted by molar-refractivity contribution is 7.92. The number of nitrogens with one attached hydrogen (secondary N) is 7. The van der Waals surface area contributed by atoms with Crippen LogP contribution in [0.4, 0.5) is 54.6 Å². The van der Waals surface area contributed by atoms with Gasteiger partial charge in [0, 0.05) is 196 Å². The molecule has 4 aliphatic heterocycles. The Labute approximate surface area is 713 Å². The van der Waals surface area contributed by atoms with Crippen molar-refractivity contribution in [2.75, 3.05) is 99.8 Å². The number of aromatic nitrogens is 11. The zero-order chi connectivity index (χ0) is 86.1. The predicted molar refractivity (Wildman–Crippen MR) is 469 cm³/mol. The second-order valence-electron chi connectivity index (χ2n) is 30.2. The lowest BCUT2D eigenvalue weighted by molar-refractivity contribution is 0.186. The van der Waals surface area contributed by atoms with E-state index in [1.165, 1.54) is 75.2 Å². The molecule has 0 bridgehead atoms. The van der Waals surface area contributed by atoms with Gasteiger partial charge in [0.15, 0.2) is 11.6 Å². The first-order valence-electron chi connectivity index (χ1n) is 40.3. The van der Waals surface area contributed by atoms with Crippen LogP contribution in [0, 0.1) is 29.1 Å². The number of hydrogen-bond acceptors (Lipinski definition) is 18.